The molecule has 138 valence electrons. The number of aromatic carboxylic acids is 1. The van der Waals surface area contributed by atoms with Gasteiger partial charge in [0.2, 0.25) is 0 Å². The average molecular weight is 373 g/mol. The Morgan fingerprint density at radius 2 is 1.96 bits per heavy atom. The Kier molecular flexibility index (Phi) is 6.69. The summed E-state index contributed by atoms with van der Waals surface area (Å²) >= 11 is 0. The van der Waals surface area contributed by atoms with Crippen LogP contribution in [-0.4, -0.2) is 43.5 Å². The van der Waals surface area contributed by atoms with Crippen LogP contribution in [0.1, 0.15) is 31.1 Å². The van der Waals surface area contributed by atoms with E-state index in [0.717, 1.165) is 6.07 Å². The fourth-order valence-corrected chi connectivity index (χ4v) is 3.18. The van der Waals surface area contributed by atoms with Gasteiger partial charge in [0.1, 0.15) is 5.60 Å². The number of halogens is 1. The van der Waals surface area contributed by atoms with E-state index in [1.54, 1.807) is 20.8 Å². The number of hydrogen-bond acceptors (Lipinski definition) is 5. The summed E-state index contributed by atoms with van der Waals surface area (Å²) in [5.41, 5.74) is -1.14. The third-order valence-corrected chi connectivity index (χ3v) is 4.55. The minimum Gasteiger partial charge on any atom is -0.478 e. The fraction of sp³-hybridized carbons (Fsp3) is 0.375. The maximum atomic E-state index is 13.0. The molecule has 0 radical (unpaired) electrons. The summed E-state index contributed by atoms with van der Waals surface area (Å²) in [6, 6.07) is 4.75. The van der Waals surface area contributed by atoms with E-state index in [-0.39, 0.29) is 28.9 Å². The number of hydrogen-bond donors (Lipinski definition) is 2. The Labute approximate surface area is 145 Å². The number of carboxylic acid groups (broad SMARTS) is 1. The molecule has 1 amide bonds. The van der Waals surface area contributed by atoms with Crippen molar-refractivity contribution in [2.24, 2.45) is 0 Å². The van der Waals surface area contributed by atoms with Gasteiger partial charge in [-0.3, -0.25) is 0 Å². The van der Waals surface area contributed by atoms with Crippen molar-refractivity contribution in [3.63, 3.8) is 0 Å². The summed E-state index contributed by atoms with van der Waals surface area (Å²) in [6.45, 7) is 4.60. The van der Waals surface area contributed by atoms with Crippen molar-refractivity contribution in [2.75, 3.05) is 12.3 Å². The van der Waals surface area contributed by atoms with Crippen molar-refractivity contribution in [1.29, 1.82) is 0 Å². The molecule has 0 aromatic heterocycles. The number of nitrogens with one attached hydrogen (secondary N) is 1. The third kappa shape index (κ3) is 6.92. The number of rotatable bonds is 6. The zero-order chi connectivity index (χ0) is 19.3. The summed E-state index contributed by atoms with van der Waals surface area (Å²) in [6.07, 6.45) is -0.715. The molecule has 0 aliphatic rings. The summed E-state index contributed by atoms with van der Waals surface area (Å²) < 4.78 is 42.6. The van der Waals surface area contributed by atoms with E-state index in [4.69, 9.17) is 9.84 Å². The number of carbonyl (C=O) groups is 2. The lowest BCUT2D eigenvalue weighted by atomic mass is 10.2. The van der Waals surface area contributed by atoms with Gasteiger partial charge in [-0.1, -0.05) is 6.07 Å². The van der Waals surface area contributed by atoms with Crippen LogP contribution in [0.25, 0.3) is 0 Å². The largest absolute Gasteiger partial charge is 0.478 e. The lowest BCUT2D eigenvalue weighted by Crippen LogP contribution is -2.34. The van der Waals surface area contributed by atoms with Crippen molar-refractivity contribution >= 4 is 21.9 Å². The molecular weight excluding hydrogens is 353 g/mol. The van der Waals surface area contributed by atoms with E-state index >= 15 is 0 Å². The zero-order valence-corrected chi connectivity index (χ0v) is 14.9. The molecule has 0 fully saturated rings. The Bertz CT molecular complexity index is 780. The second-order valence-electron chi connectivity index (χ2n) is 6.21. The third-order valence-electron chi connectivity index (χ3n) is 2.83. The van der Waals surface area contributed by atoms with Gasteiger partial charge in [-0.05, 0) is 44.5 Å². The van der Waals surface area contributed by atoms with Gasteiger partial charge in [-0.2, -0.15) is 0 Å². The molecule has 25 heavy (non-hydrogen) atoms. The lowest BCUT2D eigenvalue weighted by Gasteiger charge is -2.20. The van der Waals surface area contributed by atoms with E-state index in [1.165, 1.54) is 18.2 Å². The first-order valence-corrected chi connectivity index (χ1v) is 8.91. The summed E-state index contributed by atoms with van der Waals surface area (Å²) in [4.78, 5) is 22.2. The van der Waals surface area contributed by atoms with Gasteiger partial charge in [0.25, 0.3) is 0 Å². The van der Waals surface area contributed by atoms with Crippen LogP contribution in [0.2, 0.25) is 0 Å². The molecule has 1 aromatic rings. The molecule has 0 spiro atoms. The van der Waals surface area contributed by atoms with Crippen molar-refractivity contribution < 1.29 is 32.2 Å². The van der Waals surface area contributed by atoms with Crippen LogP contribution in [0.5, 0.6) is 0 Å². The van der Waals surface area contributed by atoms with E-state index in [1.807, 2.05) is 0 Å². The highest BCUT2D eigenvalue weighted by atomic mass is 32.2. The lowest BCUT2D eigenvalue weighted by molar-refractivity contribution is 0.0532. The Morgan fingerprint density at radius 1 is 1.32 bits per heavy atom. The van der Waals surface area contributed by atoms with Crippen LogP contribution >= 0.6 is 0 Å². The Balaban J connectivity index is 2.82. The minimum atomic E-state index is -3.97. The van der Waals surface area contributed by atoms with Crippen LogP contribution in [0.4, 0.5) is 9.18 Å². The normalized spacial score (nSPS) is 12.6. The number of carbonyl (C=O) groups excluding carboxylic acids is 1. The first kappa shape index (κ1) is 20.6. The summed E-state index contributed by atoms with van der Waals surface area (Å²) in [5.74, 6) is -1.98. The van der Waals surface area contributed by atoms with Crippen molar-refractivity contribution in [3.05, 3.63) is 41.7 Å². The van der Waals surface area contributed by atoms with Gasteiger partial charge in [0, 0.05) is 6.54 Å². The van der Waals surface area contributed by atoms with Gasteiger partial charge in [0.15, 0.2) is 9.84 Å². The van der Waals surface area contributed by atoms with Gasteiger partial charge in [0.05, 0.1) is 22.5 Å². The molecule has 0 saturated carbocycles. The van der Waals surface area contributed by atoms with Gasteiger partial charge in [-0.25, -0.2) is 22.4 Å². The molecule has 0 aliphatic heterocycles. The predicted octanol–water partition coefficient (Wildman–Crippen LogP) is 2.54. The molecule has 0 saturated heterocycles. The Morgan fingerprint density at radius 3 is 2.48 bits per heavy atom. The first-order chi connectivity index (χ1) is 11.4. The number of amides is 1. The first-order valence-electron chi connectivity index (χ1n) is 7.26. The minimum absolute atomic E-state index is 0.0932. The van der Waals surface area contributed by atoms with E-state index < -0.39 is 33.3 Å². The van der Waals surface area contributed by atoms with E-state index in [0.29, 0.717) is 0 Å². The smallest absolute Gasteiger partial charge is 0.407 e. The zero-order valence-electron chi connectivity index (χ0n) is 14.1. The molecule has 2 N–H and O–H groups in total. The van der Waals surface area contributed by atoms with E-state index in [9.17, 15) is 22.4 Å². The summed E-state index contributed by atoms with van der Waals surface area (Å²) in [7, 11) is -3.97. The van der Waals surface area contributed by atoms with Crippen molar-refractivity contribution in [1.82, 2.24) is 5.32 Å². The molecule has 0 heterocycles. The molecule has 0 atom stereocenters. The van der Waals surface area contributed by atoms with Crippen molar-refractivity contribution in [3.8, 4) is 0 Å². The molecule has 1 aromatic carbocycles. The SMILES string of the molecule is CC(C)(C)OC(=O)NC/C(=C\F)CS(=O)(=O)c1cccc(C(=O)O)c1. The second-order valence-corrected chi connectivity index (χ2v) is 8.20. The maximum Gasteiger partial charge on any atom is 0.407 e. The highest BCUT2D eigenvalue weighted by Crippen LogP contribution is 2.16. The predicted molar refractivity (Wildman–Crippen MR) is 88.9 cm³/mol. The van der Waals surface area contributed by atoms with E-state index in [2.05, 4.69) is 5.32 Å². The second kappa shape index (κ2) is 8.11. The quantitative estimate of drug-likeness (QED) is 0.793. The Hall–Kier alpha value is -2.42. The van der Waals surface area contributed by atoms with Crippen LogP contribution in [0, 0.1) is 0 Å². The van der Waals surface area contributed by atoms with Gasteiger partial charge in [-0.15, -0.1) is 0 Å². The molecule has 7 nitrogen and oxygen atoms in total. The standard InChI is InChI=1S/C16H20FNO6S/c1-16(2,3)24-15(21)18-9-11(8-17)10-25(22,23)13-6-4-5-12(7-13)14(19)20/h4-8H,9-10H2,1-3H3,(H,18,21)(H,19,20)/b11-8+. The highest BCUT2D eigenvalue weighted by molar-refractivity contribution is 7.91. The molecule has 0 unspecified atom stereocenters. The monoisotopic (exact) mass is 373 g/mol. The van der Waals surface area contributed by atoms with Gasteiger partial charge >= 0.3 is 12.1 Å². The number of carboxylic acids is 1. The molecule has 9 heteroatoms. The number of benzene rings is 1. The van der Waals surface area contributed by atoms with Crippen LogP contribution in [0.15, 0.2) is 41.1 Å². The van der Waals surface area contributed by atoms with Gasteiger partial charge < -0.3 is 15.2 Å². The van der Waals surface area contributed by atoms with Crippen LogP contribution in [-0.2, 0) is 14.6 Å². The molecule has 1 rings (SSSR count). The fourth-order valence-electron chi connectivity index (χ4n) is 1.77. The highest BCUT2D eigenvalue weighted by Gasteiger charge is 2.20. The van der Waals surface area contributed by atoms with Crippen LogP contribution in [0.3, 0.4) is 0 Å². The topological polar surface area (TPSA) is 110 Å². The summed E-state index contributed by atoms with van der Waals surface area (Å²) in [5, 5.41) is 11.2. The number of ether oxygens (including phenoxy) is 1. The van der Waals surface area contributed by atoms with Crippen LogP contribution < -0.4 is 5.32 Å². The maximum absolute atomic E-state index is 13.0. The van der Waals surface area contributed by atoms with Crippen molar-refractivity contribution in [2.45, 2.75) is 31.3 Å². The molecule has 0 bridgehead atoms. The average Bonchev–Trinajstić information content (AvgIpc) is 2.49. The number of sulfone groups is 1. The number of alkyl carbamates (subject to hydrolysis) is 1. The molecule has 0 aliphatic carbocycles. The molecular formula is C16H20FNO6S.